The van der Waals surface area contributed by atoms with E-state index in [2.05, 4.69) is 27.2 Å². The van der Waals surface area contributed by atoms with E-state index in [9.17, 15) is 4.79 Å². The first-order valence-corrected chi connectivity index (χ1v) is 9.32. The maximum atomic E-state index is 11.7. The third-order valence-electron chi connectivity index (χ3n) is 5.34. The predicted molar refractivity (Wildman–Crippen MR) is 101 cm³/mol. The van der Waals surface area contributed by atoms with Gasteiger partial charge in [-0.3, -0.25) is 9.48 Å². The van der Waals surface area contributed by atoms with Crippen LogP contribution in [-0.4, -0.2) is 30.6 Å². The number of carbonyl (C=O) groups excluding carboxylic acids is 1. The van der Waals surface area contributed by atoms with Crippen molar-refractivity contribution in [3.8, 4) is 11.3 Å². The lowest BCUT2D eigenvalue weighted by atomic mass is 9.96. The molecule has 0 radical (unpaired) electrons. The van der Waals surface area contributed by atoms with Crippen LogP contribution in [-0.2, 0) is 4.79 Å². The first kappa shape index (κ1) is 16.8. The maximum absolute atomic E-state index is 11.7. The molecular formula is C19H24N6O. The van der Waals surface area contributed by atoms with E-state index in [1.807, 2.05) is 23.1 Å². The summed E-state index contributed by atoms with van der Waals surface area (Å²) < 4.78 is 2.04. The highest BCUT2D eigenvalue weighted by Gasteiger charge is 2.27. The standard InChI is InChI=1S/C19H24N6O/c1-3-16(13-6-4-5-7-13)25-10-15(19(24-25)23-12(2)26)17-14-8-9-20-18(14)22-11-21-17/h8-11,13,16H,3-7H2,1-2H3,(H,20,21,22)(H,23,24,26)/t16-/m0/s1. The van der Waals surface area contributed by atoms with Crippen molar-refractivity contribution in [2.45, 2.75) is 52.0 Å². The van der Waals surface area contributed by atoms with E-state index in [1.54, 1.807) is 0 Å². The van der Waals surface area contributed by atoms with Gasteiger partial charge in [-0.25, -0.2) is 9.97 Å². The fourth-order valence-electron chi connectivity index (χ4n) is 4.16. The molecule has 0 unspecified atom stereocenters. The fraction of sp³-hybridized carbons (Fsp3) is 0.474. The van der Waals surface area contributed by atoms with Crippen molar-refractivity contribution in [1.29, 1.82) is 0 Å². The molecule has 4 rings (SSSR count). The van der Waals surface area contributed by atoms with Gasteiger partial charge in [0.2, 0.25) is 5.91 Å². The van der Waals surface area contributed by atoms with E-state index in [0.29, 0.717) is 17.8 Å². The topological polar surface area (TPSA) is 88.5 Å². The molecule has 0 aliphatic heterocycles. The molecule has 1 atom stereocenters. The summed E-state index contributed by atoms with van der Waals surface area (Å²) in [6, 6.07) is 2.30. The molecule has 0 saturated heterocycles. The lowest BCUT2D eigenvalue weighted by Gasteiger charge is -2.22. The number of hydrogen-bond acceptors (Lipinski definition) is 4. The van der Waals surface area contributed by atoms with Gasteiger partial charge >= 0.3 is 0 Å². The summed E-state index contributed by atoms with van der Waals surface area (Å²) in [6.45, 7) is 3.71. The second-order valence-corrected chi connectivity index (χ2v) is 7.03. The number of carbonyl (C=O) groups is 1. The Morgan fingerprint density at radius 1 is 1.38 bits per heavy atom. The fourth-order valence-corrected chi connectivity index (χ4v) is 4.16. The molecule has 1 saturated carbocycles. The number of rotatable bonds is 5. The SMILES string of the molecule is CC[C@@H](C1CCCC1)n1cc(-c2ncnc3[nH]ccc23)c(NC(C)=O)n1. The molecule has 0 aromatic carbocycles. The van der Waals surface area contributed by atoms with E-state index in [4.69, 9.17) is 5.10 Å². The van der Waals surface area contributed by atoms with Gasteiger partial charge in [-0.2, -0.15) is 5.10 Å². The minimum atomic E-state index is -0.134. The lowest BCUT2D eigenvalue weighted by Crippen LogP contribution is -2.17. The highest BCUT2D eigenvalue weighted by Crippen LogP contribution is 2.38. The largest absolute Gasteiger partial charge is 0.346 e. The van der Waals surface area contributed by atoms with Crippen LogP contribution in [0.3, 0.4) is 0 Å². The number of nitrogens with one attached hydrogen (secondary N) is 2. The number of nitrogens with zero attached hydrogens (tertiary/aromatic N) is 4. The zero-order chi connectivity index (χ0) is 18.1. The monoisotopic (exact) mass is 352 g/mol. The molecule has 2 N–H and O–H groups in total. The number of hydrogen-bond donors (Lipinski definition) is 2. The minimum Gasteiger partial charge on any atom is -0.346 e. The molecule has 7 nitrogen and oxygen atoms in total. The summed E-state index contributed by atoms with van der Waals surface area (Å²) in [5.41, 5.74) is 2.40. The van der Waals surface area contributed by atoms with Crippen molar-refractivity contribution in [2.75, 3.05) is 5.32 Å². The molecule has 26 heavy (non-hydrogen) atoms. The van der Waals surface area contributed by atoms with Crippen LogP contribution >= 0.6 is 0 Å². The van der Waals surface area contributed by atoms with Crippen LogP contribution in [0.5, 0.6) is 0 Å². The van der Waals surface area contributed by atoms with Gasteiger partial charge in [-0.1, -0.05) is 19.8 Å². The van der Waals surface area contributed by atoms with E-state index in [-0.39, 0.29) is 5.91 Å². The molecule has 3 aromatic heterocycles. The van der Waals surface area contributed by atoms with Crippen molar-refractivity contribution < 1.29 is 4.79 Å². The molecular weight excluding hydrogens is 328 g/mol. The molecule has 7 heteroatoms. The van der Waals surface area contributed by atoms with Gasteiger partial charge in [-0.05, 0) is 31.2 Å². The second-order valence-electron chi connectivity index (χ2n) is 7.03. The summed E-state index contributed by atoms with van der Waals surface area (Å²) >= 11 is 0. The Labute approximate surface area is 152 Å². The quantitative estimate of drug-likeness (QED) is 0.728. The number of amides is 1. The van der Waals surface area contributed by atoms with Gasteiger partial charge in [0, 0.05) is 24.7 Å². The first-order valence-electron chi connectivity index (χ1n) is 9.32. The van der Waals surface area contributed by atoms with Crippen molar-refractivity contribution in [2.24, 2.45) is 5.92 Å². The summed E-state index contributed by atoms with van der Waals surface area (Å²) in [4.78, 5) is 23.6. The van der Waals surface area contributed by atoms with Gasteiger partial charge in [0.05, 0.1) is 17.3 Å². The van der Waals surface area contributed by atoms with Crippen LogP contribution in [0.2, 0.25) is 0 Å². The molecule has 1 fully saturated rings. The van der Waals surface area contributed by atoms with Crippen molar-refractivity contribution in [3.63, 3.8) is 0 Å². The Kier molecular flexibility index (Phi) is 4.44. The lowest BCUT2D eigenvalue weighted by molar-refractivity contribution is -0.114. The third kappa shape index (κ3) is 2.98. The van der Waals surface area contributed by atoms with Gasteiger partial charge in [0.15, 0.2) is 5.82 Å². The Bertz CT molecular complexity index is 921. The molecule has 1 aliphatic rings. The van der Waals surface area contributed by atoms with Crippen LogP contribution in [0.1, 0.15) is 52.0 Å². The third-order valence-corrected chi connectivity index (χ3v) is 5.34. The van der Waals surface area contributed by atoms with Crippen molar-refractivity contribution in [1.82, 2.24) is 24.7 Å². The summed E-state index contributed by atoms with van der Waals surface area (Å²) in [5, 5.41) is 8.55. The van der Waals surface area contributed by atoms with Crippen LogP contribution in [0.25, 0.3) is 22.3 Å². The zero-order valence-corrected chi connectivity index (χ0v) is 15.2. The molecule has 0 bridgehead atoms. The smallest absolute Gasteiger partial charge is 0.222 e. The molecule has 3 heterocycles. The predicted octanol–water partition coefficient (Wildman–Crippen LogP) is 3.92. The molecule has 1 amide bonds. The van der Waals surface area contributed by atoms with Crippen LogP contribution in [0.15, 0.2) is 24.8 Å². The summed E-state index contributed by atoms with van der Waals surface area (Å²) in [7, 11) is 0. The molecule has 0 spiro atoms. The number of H-pyrrole nitrogens is 1. The zero-order valence-electron chi connectivity index (χ0n) is 15.2. The molecule has 3 aromatic rings. The number of aromatic nitrogens is 5. The molecule has 1 aliphatic carbocycles. The number of aromatic amines is 1. The average Bonchev–Trinajstić information content (AvgIpc) is 3.35. The minimum absolute atomic E-state index is 0.134. The van der Waals surface area contributed by atoms with Crippen LogP contribution < -0.4 is 5.32 Å². The van der Waals surface area contributed by atoms with E-state index in [1.165, 1.54) is 38.9 Å². The highest BCUT2D eigenvalue weighted by atomic mass is 16.1. The summed E-state index contributed by atoms with van der Waals surface area (Å²) in [5.74, 6) is 1.08. The van der Waals surface area contributed by atoms with Crippen LogP contribution in [0, 0.1) is 5.92 Å². The highest BCUT2D eigenvalue weighted by molar-refractivity contribution is 5.97. The molecule has 136 valence electrons. The average molecular weight is 352 g/mol. The maximum Gasteiger partial charge on any atom is 0.222 e. The Morgan fingerprint density at radius 3 is 2.92 bits per heavy atom. The van der Waals surface area contributed by atoms with Crippen LogP contribution in [0.4, 0.5) is 5.82 Å². The summed E-state index contributed by atoms with van der Waals surface area (Å²) in [6.07, 6.45) is 11.5. The normalized spacial score (nSPS) is 16.2. The number of fused-ring (bicyclic) bond motifs is 1. The number of anilines is 1. The van der Waals surface area contributed by atoms with E-state index >= 15 is 0 Å². The van der Waals surface area contributed by atoms with E-state index in [0.717, 1.165) is 28.7 Å². The Balaban J connectivity index is 1.81. The van der Waals surface area contributed by atoms with Gasteiger partial charge < -0.3 is 10.3 Å². The second kappa shape index (κ2) is 6.90. The first-order chi connectivity index (χ1) is 12.7. The van der Waals surface area contributed by atoms with Crippen molar-refractivity contribution >= 4 is 22.8 Å². The van der Waals surface area contributed by atoms with E-state index < -0.39 is 0 Å². The van der Waals surface area contributed by atoms with Gasteiger partial charge in [0.25, 0.3) is 0 Å². The Morgan fingerprint density at radius 2 is 2.19 bits per heavy atom. The van der Waals surface area contributed by atoms with Gasteiger partial charge in [-0.15, -0.1) is 0 Å². The Hall–Kier alpha value is -2.70. The van der Waals surface area contributed by atoms with Gasteiger partial charge in [0.1, 0.15) is 12.0 Å². The van der Waals surface area contributed by atoms with Crippen molar-refractivity contribution in [3.05, 3.63) is 24.8 Å².